The minimum atomic E-state index is 0.357. The van der Waals surface area contributed by atoms with Gasteiger partial charge in [-0.15, -0.1) is 21.5 Å². The van der Waals surface area contributed by atoms with Gasteiger partial charge in [0, 0.05) is 6.07 Å². The van der Waals surface area contributed by atoms with Gasteiger partial charge in [0.15, 0.2) is 0 Å². The first-order valence-electron chi connectivity index (χ1n) is 6.68. The molecule has 0 radical (unpaired) electrons. The summed E-state index contributed by atoms with van der Waals surface area (Å²) in [4.78, 5) is 2.45. The third-order valence-electron chi connectivity index (χ3n) is 3.51. The van der Waals surface area contributed by atoms with Crippen LogP contribution in [0.2, 0.25) is 0 Å². The Balaban J connectivity index is 1.77. The Bertz CT molecular complexity index is 550. The molecule has 0 bridgehead atoms. The van der Waals surface area contributed by atoms with Crippen LogP contribution in [0, 0.1) is 13.8 Å². The highest BCUT2D eigenvalue weighted by Crippen LogP contribution is 2.32. The summed E-state index contributed by atoms with van der Waals surface area (Å²) in [5.41, 5.74) is 1.05. The lowest BCUT2D eigenvalue weighted by Gasteiger charge is -2.33. The summed E-state index contributed by atoms with van der Waals surface area (Å²) in [5.74, 6) is 0.882. The van der Waals surface area contributed by atoms with Crippen LogP contribution in [0.3, 0.4) is 0 Å². The van der Waals surface area contributed by atoms with Gasteiger partial charge >= 0.3 is 0 Å². The number of aromatic nitrogens is 3. The Morgan fingerprint density at radius 2 is 2.26 bits per heavy atom. The van der Waals surface area contributed by atoms with Crippen LogP contribution in [0.25, 0.3) is 0 Å². The third-order valence-corrected chi connectivity index (χ3v) is 4.33. The van der Waals surface area contributed by atoms with Crippen LogP contribution in [0.4, 0.5) is 0 Å². The molecule has 3 rings (SSSR count). The smallest absolute Gasteiger partial charge is 0.133 e. The number of hydrogen-bond acceptors (Lipinski definition) is 6. The standard InChI is InChI=1S/C13H18N4OS/c1-9-7-11(16-18-9)12-5-3-4-6-17(12)8-13-15-14-10(2)19-13/h7,12H,3-6,8H2,1-2H3/t12-/m1/s1. The van der Waals surface area contributed by atoms with Gasteiger partial charge in [-0.05, 0) is 33.2 Å². The lowest BCUT2D eigenvalue weighted by molar-refractivity contribution is 0.133. The fraction of sp³-hybridized carbons (Fsp3) is 0.615. The first-order chi connectivity index (χ1) is 9.22. The molecule has 1 fully saturated rings. The molecular weight excluding hydrogens is 260 g/mol. The highest BCUT2D eigenvalue weighted by atomic mass is 32.1. The van der Waals surface area contributed by atoms with Crippen LogP contribution < -0.4 is 0 Å². The van der Waals surface area contributed by atoms with E-state index in [0.717, 1.165) is 41.0 Å². The zero-order valence-electron chi connectivity index (χ0n) is 11.3. The van der Waals surface area contributed by atoms with Gasteiger partial charge in [-0.2, -0.15) is 0 Å². The molecule has 0 unspecified atom stereocenters. The predicted octanol–water partition coefficient (Wildman–Crippen LogP) is 2.87. The first kappa shape index (κ1) is 12.7. The summed E-state index contributed by atoms with van der Waals surface area (Å²) in [5, 5.41) is 14.6. The molecule has 0 amide bonds. The lowest BCUT2D eigenvalue weighted by atomic mass is 9.99. The minimum Gasteiger partial charge on any atom is -0.361 e. The van der Waals surface area contributed by atoms with Gasteiger partial charge in [-0.1, -0.05) is 11.6 Å². The van der Waals surface area contributed by atoms with E-state index in [1.165, 1.54) is 12.8 Å². The molecule has 5 nitrogen and oxygen atoms in total. The summed E-state index contributed by atoms with van der Waals surface area (Å²) >= 11 is 1.68. The summed E-state index contributed by atoms with van der Waals surface area (Å²) in [7, 11) is 0. The van der Waals surface area contributed by atoms with Crippen molar-refractivity contribution in [2.75, 3.05) is 6.54 Å². The molecule has 1 aliphatic rings. The molecule has 102 valence electrons. The van der Waals surface area contributed by atoms with Gasteiger partial charge in [0.1, 0.15) is 21.5 Å². The molecule has 2 aromatic heterocycles. The van der Waals surface area contributed by atoms with Gasteiger partial charge in [0.2, 0.25) is 0 Å². The third kappa shape index (κ3) is 2.84. The van der Waals surface area contributed by atoms with Gasteiger partial charge in [-0.3, -0.25) is 4.90 Å². The van der Waals surface area contributed by atoms with Gasteiger partial charge < -0.3 is 4.52 Å². The average molecular weight is 278 g/mol. The van der Waals surface area contributed by atoms with Gasteiger partial charge in [0.05, 0.1) is 12.6 Å². The van der Waals surface area contributed by atoms with Crippen LogP contribution in [-0.4, -0.2) is 26.8 Å². The van der Waals surface area contributed by atoms with Crippen LogP contribution >= 0.6 is 11.3 Å². The average Bonchev–Trinajstić information content (AvgIpc) is 2.99. The second-order valence-corrected chi connectivity index (χ2v) is 6.33. The Morgan fingerprint density at radius 1 is 1.37 bits per heavy atom. The van der Waals surface area contributed by atoms with Crippen LogP contribution in [0.15, 0.2) is 10.6 Å². The quantitative estimate of drug-likeness (QED) is 0.864. The van der Waals surface area contributed by atoms with E-state index in [1.54, 1.807) is 11.3 Å². The van der Waals surface area contributed by atoms with Crippen LogP contribution in [-0.2, 0) is 6.54 Å². The molecule has 6 heteroatoms. The fourth-order valence-electron chi connectivity index (χ4n) is 2.63. The molecule has 2 aromatic rings. The van der Waals surface area contributed by atoms with Crippen LogP contribution in [0.1, 0.15) is 46.8 Å². The summed E-state index contributed by atoms with van der Waals surface area (Å²) < 4.78 is 5.22. The van der Waals surface area contributed by atoms with Crippen molar-refractivity contribution in [2.45, 2.75) is 45.7 Å². The molecule has 1 aliphatic heterocycles. The summed E-state index contributed by atoms with van der Waals surface area (Å²) in [6.07, 6.45) is 3.64. The van der Waals surface area contributed by atoms with E-state index in [0.29, 0.717) is 6.04 Å². The molecule has 0 N–H and O–H groups in total. The summed E-state index contributed by atoms with van der Waals surface area (Å²) in [6, 6.07) is 2.41. The summed E-state index contributed by atoms with van der Waals surface area (Å²) in [6.45, 7) is 5.89. The van der Waals surface area contributed by atoms with E-state index in [1.807, 2.05) is 19.9 Å². The monoisotopic (exact) mass is 278 g/mol. The van der Waals surface area contributed by atoms with Crippen molar-refractivity contribution in [3.8, 4) is 0 Å². The molecule has 0 saturated carbocycles. The molecule has 0 aliphatic carbocycles. The maximum atomic E-state index is 5.22. The fourth-order valence-corrected chi connectivity index (χ4v) is 3.37. The number of piperidine rings is 1. The van der Waals surface area contributed by atoms with Crippen molar-refractivity contribution in [1.29, 1.82) is 0 Å². The minimum absolute atomic E-state index is 0.357. The van der Waals surface area contributed by atoms with Crippen molar-refractivity contribution in [1.82, 2.24) is 20.3 Å². The van der Waals surface area contributed by atoms with E-state index in [-0.39, 0.29) is 0 Å². The van der Waals surface area contributed by atoms with Crippen molar-refractivity contribution in [2.24, 2.45) is 0 Å². The molecule has 1 saturated heterocycles. The highest BCUT2D eigenvalue weighted by Gasteiger charge is 2.27. The Kier molecular flexibility index (Phi) is 3.61. The van der Waals surface area contributed by atoms with E-state index >= 15 is 0 Å². The number of nitrogens with zero attached hydrogens (tertiary/aromatic N) is 4. The molecule has 19 heavy (non-hydrogen) atoms. The largest absolute Gasteiger partial charge is 0.361 e. The van der Waals surface area contributed by atoms with Crippen molar-refractivity contribution in [3.05, 3.63) is 27.5 Å². The number of hydrogen-bond donors (Lipinski definition) is 0. The molecule has 0 aromatic carbocycles. The molecule has 3 heterocycles. The van der Waals surface area contributed by atoms with Crippen LogP contribution in [0.5, 0.6) is 0 Å². The van der Waals surface area contributed by atoms with Gasteiger partial charge in [0.25, 0.3) is 0 Å². The first-order valence-corrected chi connectivity index (χ1v) is 7.50. The Labute approximate surface area is 116 Å². The second kappa shape index (κ2) is 5.38. The SMILES string of the molecule is Cc1cc([C@H]2CCCCN2Cc2nnc(C)s2)no1. The van der Waals surface area contributed by atoms with Gasteiger partial charge in [-0.25, -0.2) is 0 Å². The highest BCUT2D eigenvalue weighted by molar-refractivity contribution is 7.11. The van der Waals surface area contributed by atoms with E-state index in [9.17, 15) is 0 Å². The number of rotatable bonds is 3. The van der Waals surface area contributed by atoms with Crippen molar-refractivity contribution < 1.29 is 4.52 Å². The van der Waals surface area contributed by atoms with E-state index in [4.69, 9.17) is 4.52 Å². The molecule has 0 spiro atoms. The zero-order valence-corrected chi connectivity index (χ0v) is 12.1. The zero-order chi connectivity index (χ0) is 13.2. The second-order valence-electron chi connectivity index (χ2n) is 5.06. The maximum absolute atomic E-state index is 5.22. The predicted molar refractivity (Wildman–Crippen MR) is 72.9 cm³/mol. The maximum Gasteiger partial charge on any atom is 0.133 e. The lowest BCUT2D eigenvalue weighted by Crippen LogP contribution is -2.33. The molecular formula is C13H18N4OS. The normalized spacial score (nSPS) is 20.8. The molecule has 1 atom stereocenters. The Morgan fingerprint density at radius 3 is 2.95 bits per heavy atom. The number of likely N-dealkylation sites (tertiary alicyclic amines) is 1. The topological polar surface area (TPSA) is 55.1 Å². The number of aryl methyl sites for hydroxylation is 2. The van der Waals surface area contributed by atoms with E-state index in [2.05, 4.69) is 20.3 Å². The Hall–Kier alpha value is -1.27. The van der Waals surface area contributed by atoms with E-state index < -0.39 is 0 Å². The van der Waals surface area contributed by atoms with Crippen molar-refractivity contribution in [3.63, 3.8) is 0 Å². The van der Waals surface area contributed by atoms with Crippen molar-refractivity contribution >= 4 is 11.3 Å².